The van der Waals surface area contributed by atoms with E-state index in [2.05, 4.69) is 12.1 Å². The Hall–Kier alpha value is -2.42. The molecule has 2 fully saturated rings. The zero-order valence-electron chi connectivity index (χ0n) is 15.2. The average molecular weight is 347 g/mol. The molecule has 0 bridgehead atoms. The molecule has 0 unspecified atom stereocenters. The van der Waals surface area contributed by atoms with Crippen LogP contribution in [0.15, 0.2) is 60.7 Å². The zero-order chi connectivity index (χ0) is 18.1. The van der Waals surface area contributed by atoms with Gasteiger partial charge in [-0.15, -0.1) is 0 Å². The molecule has 3 heteroatoms. The van der Waals surface area contributed by atoms with Crippen LogP contribution in [0.3, 0.4) is 0 Å². The van der Waals surface area contributed by atoms with Crippen LogP contribution in [-0.2, 0) is 15.1 Å². The van der Waals surface area contributed by atoms with Crippen LogP contribution in [0, 0.1) is 5.92 Å². The summed E-state index contributed by atoms with van der Waals surface area (Å²) in [6.45, 7) is 0. The van der Waals surface area contributed by atoms with Gasteiger partial charge < -0.3 is 4.90 Å². The molecule has 2 aromatic rings. The van der Waals surface area contributed by atoms with Crippen LogP contribution in [0.2, 0.25) is 0 Å². The topological polar surface area (TPSA) is 37.4 Å². The minimum atomic E-state index is -0.791. The minimum absolute atomic E-state index is 0.00212. The largest absolute Gasteiger partial charge is 0.329 e. The second-order valence-electron chi connectivity index (χ2n) is 7.61. The molecular formula is C23H25NO2. The maximum atomic E-state index is 13.3. The van der Waals surface area contributed by atoms with Crippen molar-refractivity contribution in [3.63, 3.8) is 0 Å². The Bertz CT molecular complexity index is 801. The van der Waals surface area contributed by atoms with E-state index < -0.39 is 5.54 Å². The van der Waals surface area contributed by atoms with Gasteiger partial charge in [-0.2, -0.15) is 0 Å². The van der Waals surface area contributed by atoms with Gasteiger partial charge in [0, 0.05) is 19.4 Å². The lowest BCUT2D eigenvalue weighted by molar-refractivity contribution is -0.149. The maximum Gasteiger partial charge on any atom is 0.227 e. The molecular weight excluding hydrogens is 322 g/mol. The summed E-state index contributed by atoms with van der Waals surface area (Å²) in [6, 6.07) is 20.1. The van der Waals surface area contributed by atoms with Gasteiger partial charge in [0.2, 0.25) is 5.91 Å². The molecule has 2 saturated carbocycles. The summed E-state index contributed by atoms with van der Waals surface area (Å²) in [4.78, 5) is 28.1. The smallest absolute Gasteiger partial charge is 0.227 e. The van der Waals surface area contributed by atoms with E-state index in [4.69, 9.17) is 0 Å². The highest BCUT2D eigenvalue weighted by Gasteiger charge is 2.52. The molecule has 0 aliphatic heterocycles. The molecule has 0 radical (unpaired) electrons. The molecule has 0 aromatic heterocycles. The molecule has 3 atom stereocenters. The molecule has 1 amide bonds. The number of carbonyl (C=O) groups excluding carboxylic acids is 2. The maximum absolute atomic E-state index is 13.3. The van der Waals surface area contributed by atoms with E-state index in [1.807, 2.05) is 55.6 Å². The van der Waals surface area contributed by atoms with Crippen LogP contribution in [0.5, 0.6) is 0 Å². The Balaban J connectivity index is 1.62. The molecule has 0 spiro atoms. The van der Waals surface area contributed by atoms with Crippen molar-refractivity contribution in [3.8, 4) is 0 Å². The Kier molecular flexibility index (Phi) is 4.39. The van der Waals surface area contributed by atoms with E-state index >= 15 is 0 Å². The number of carbonyl (C=O) groups is 2. The van der Waals surface area contributed by atoms with Crippen molar-refractivity contribution < 1.29 is 9.59 Å². The zero-order valence-corrected chi connectivity index (χ0v) is 15.2. The number of likely N-dealkylation sites (N-methyl/N-ethyl adjacent to an activating group) is 1. The lowest BCUT2D eigenvalue weighted by atomic mass is 9.74. The van der Waals surface area contributed by atoms with Crippen LogP contribution in [0.4, 0.5) is 0 Å². The third-order valence-electron chi connectivity index (χ3n) is 6.14. The number of rotatable bonds is 4. The highest BCUT2D eigenvalue weighted by Crippen LogP contribution is 2.50. The lowest BCUT2D eigenvalue weighted by Crippen LogP contribution is -2.54. The third-order valence-corrected chi connectivity index (χ3v) is 6.14. The van der Waals surface area contributed by atoms with E-state index in [1.54, 1.807) is 4.90 Å². The van der Waals surface area contributed by atoms with Crippen molar-refractivity contribution in [2.75, 3.05) is 7.05 Å². The summed E-state index contributed by atoms with van der Waals surface area (Å²) in [7, 11) is 1.83. The summed E-state index contributed by atoms with van der Waals surface area (Å²) in [5.41, 5.74) is 1.39. The number of nitrogens with zero attached hydrogens (tertiary/aromatic N) is 1. The minimum Gasteiger partial charge on any atom is -0.329 e. The quantitative estimate of drug-likeness (QED) is 0.827. The van der Waals surface area contributed by atoms with Crippen LogP contribution < -0.4 is 0 Å². The Morgan fingerprint density at radius 2 is 1.65 bits per heavy atom. The second kappa shape index (κ2) is 6.71. The molecule has 0 N–H and O–H groups in total. The van der Waals surface area contributed by atoms with Crippen LogP contribution in [-0.4, -0.2) is 23.6 Å². The number of hydrogen-bond acceptors (Lipinski definition) is 2. The molecule has 134 valence electrons. The third kappa shape index (κ3) is 2.76. The van der Waals surface area contributed by atoms with Crippen LogP contribution >= 0.6 is 0 Å². The summed E-state index contributed by atoms with van der Waals surface area (Å²) in [5, 5.41) is 0. The van der Waals surface area contributed by atoms with Crippen molar-refractivity contribution in [1.29, 1.82) is 0 Å². The van der Waals surface area contributed by atoms with Gasteiger partial charge in [0.05, 0.1) is 0 Å². The molecule has 26 heavy (non-hydrogen) atoms. The van der Waals surface area contributed by atoms with Crippen molar-refractivity contribution in [2.24, 2.45) is 5.92 Å². The Morgan fingerprint density at radius 3 is 2.31 bits per heavy atom. The average Bonchev–Trinajstić information content (AvgIpc) is 3.50. The predicted molar refractivity (Wildman–Crippen MR) is 102 cm³/mol. The van der Waals surface area contributed by atoms with Crippen molar-refractivity contribution in [2.45, 2.75) is 43.6 Å². The van der Waals surface area contributed by atoms with Crippen molar-refractivity contribution in [1.82, 2.24) is 4.90 Å². The van der Waals surface area contributed by atoms with E-state index in [0.29, 0.717) is 6.42 Å². The highest BCUT2D eigenvalue weighted by atomic mass is 16.2. The van der Waals surface area contributed by atoms with Crippen molar-refractivity contribution in [3.05, 3.63) is 71.8 Å². The van der Waals surface area contributed by atoms with Crippen LogP contribution in [0.1, 0.15) is 49.1 Å². The molecule has 2 aliphatic carbocycles. The standard InChI is InChI=1S/C23H25NO2/c1-24(22(26)20-16-19(20)17-10-4-2-5-11-17)23(15-9-8-14-21(23)25)18-12-6-3-7-13-18/h2-7,10-13,19-20H,8-9,14-16H2,1H3/t19-,20-,23-/m1/s1. The number of hydrogen-bond donors (Lipinski definition) is 0. The monoisotopic (exact) mass is 347 g/mol. The van der Waals surface area contributed by atoms with Crippen molar-refractivity contribution >= 4 is 11.7 Å². The van der Waals surface area contributed by atoms with Gasteiger partial charge in [0.15, 0.2) is 5.78 Å². The van der Waals surface area contributed by atoms with Gasteiger partial charge in [-0.05, 0) is 42.7 Å². The fourth-order valence-electron chi connectivity index (χ4n) is 4.55. The molecule has 2 aromatic carbocycles. The summed E-state index contributed by atoms with van der Waals surface area (Å²) in [6.07, 6.45) is 4.06. The highest BCUT2D eigenvalue weighted by molar-refractivity contribution is 5.95. The Labute approximate surface area is 155 Å². The molecule has 0 heterocycles. The molecule has 0 saturated heterocycles. The van der Waals surface area contributed by atoms with Gasteiger partial charge in [0.1, 0.15) is 5.54 Å². The fourth-order valence-corrected chi connectivity index (χ4v) is 4.55. The Morgan fingerprint density at radius 1 is 1.00 bits per heavy atom. The lowest BCUT2D eigenvalue weighted by Gasteiger charge is -2.43. The first-order chi connectivity index (χ1) is 12.6. The van der Waals surface area contributed by atoms with Gasteiger partial charge >= 0.3 is 0 Å². The summed E-state index contributed by atoms with van der Waals surface area (Å²) >= 11 is 0. The van der Waals surface area contributed by atoms with Gasteiger partial charge in [-0.1, -0.05) is 60.7 Å². The molecule has 4 rings (SSSR count). The SMILES string of the molecule is CN(C(=O)[C@@H]1C[C@@H]1c1ccccc1)[C@@]1(c2ccccc2)CCCCC1=O. The van der Waals surface area contributed by atoms with E-state index in [-0.39, 0.29) is 23.5 Å². The first-order valence-corrected chi connectivity index (χ1v) is 9.56. The molecule has 2 aliphatic rings. The summed E-state index contributed by atoms with van der Waals surface area (Å²) in [5.74, 6) is 0.580. The number of amides is 1. The van der Waals surface area contributed by atoms with Gasteiger partial charge in [-0.3, -0.25) is 9.59 Å². The fraction of sp³-hybridized carbons (Fsp3) is 0.391. The molecule has 3 nitrogen and oxygen atoms in total. The number of Topliss-reactive ketones (excluding diaryl/α,β-unsaturated/α-hetero) is 1. The number of ketones is 1. The van der Waals surface area contributed by atoms with Crippen LogP contribution in [0.25, 0.3) is 0 Å². The van der Waals surface area contributed by atoms with Gasteiger partial charge in [0.25, 0.3) is 0 Å². The summed E-state index contributed by atoms with van der Waals surface area (Å²) < 4.78 is 0. The van der Waals surface area contributed by atoms with Gasteiger partial charge in [-0.25, -0.2) is 0 Å². The second-order valence-corrected chi connectivity index (χ2v) is 7.61. The predicted octanol–water partition coefficient (Wildman–Crippen LogP) is 4.29. The first-order valence-electron chi connectivity index (χ1n) is 9.56. The number of benzene rings is 2. The van der Waals surface area contributed by atoms with E-state index in [0.717, 1.165) is 31.2 Å². The first kappa shape index (κ1) is 17.0. The normalized spacial score (nSPS) is 27.8. The van der Waals surface area contributed by atoms with E-state index in [9.17, 15) is 9.59 Å². The van der Waals surface area contributed by atoms with E-state index in [1.165, 1.54) is 5.56 Å².